The molecule has 0 bridgehead atoms. The van der Waals surface area contributed by atoms with Gasteiger partial charge in [0.25, 0.3) is 0 Å². The molecule has 88 valence electrons. The van der Waals surface area contributed by atoms with Gasteiger partial charge in [-0.1, -0.05) is 20.8 Å². The fraction of sp³-hybridized carbons (Fsp3) is 0.917. The molecular weight excluding hydrogens is 188 g/mol. The molecule has 0 aromatic rings. The van der Waals surface area contributed by atoms with Crippen molar-refractivity contribution in [1.29, 1.82) is 5.26 Å². The van der Waals surface area contributed by atoms with Gasteiger partial charge in [0.2, 0.25) is 0 Å². The average Bonchev–Trinajstić information content (AvgIpc) is 2.21. The molecule has 1 atom stereocenters. The minimum absolute atomic E-state index is 0.254. The number of nitriles is 1. The van der Waals surface area contributed by atoms with E-state index < -0.39 is 0 Å². The summed E-state index contributed by atoms with van der Waals surface area (Å²) in [5, 5.41) is 18.1. The van der Waals surface area contributed by atoms with E-state index in [1.54, 1.807) is 0 Å². The van der Waals surface area contributed by atoms with Crippen molar-refractivity contribution in [1.82, 2.24) is 4.90 Å². The summed E-state index contributed by atoms with van der Waals surface area (Å²) in [4.78, 5) is 2.19. The van der Waals surface area contributed by atoms with Gasteiger partial charge in [-0.25, -0.2) is 0 Å². The highest BCUT2D eigenvalue weighted by Crippen LogP contribution is 2.04. The molecule has 0 aromatic heterocycles. The molecule has 3 heteroatoms. The molecule has 0 saturated heterocycles. The number of rotatable bonds is 8. The predicted octanol–water partition coefficient (Wildman–Crippen LogP) is 2.02. The molecule has 0 aliphatic rings. The van der Waals surface area contributed by atoms with Crippen molar-refractivity contribution in [2.24, 2.45) is 5.92 Å². The molecule has 15 heavy (non-hydrogen) atoms. The molecule has 0 radical (unpaired) electrons. The lowest BCUT2D eigenvalue weighted by atomic mass is 10.1. The van der Waals surface area contributed by atoms with Crippen LogP contribution in [0.25, 0.3) is 0 Å². The van der Waals surface area contributed by atoms with Crippen LogP contribution in [0.1, 0.15) is 40.0 Å². The highest BCUT2D eigenvalue weighted by atomic mass is 16.3. The number of nitrogens with zero attached hydrogens (tertiary/aromatic N) is 2. The number of aliphatic hydroxyl groups is 1. The van der Waals surface area contributed by atoms with Gasteiger partial charge in [-0.05, 0) is 25.3 Å². The maximum Gasteiger partial charge on any atom is 0.0664 e. The molecule has 0 fully saturated rings. The topological polar surface area (TPSA) is 47.3 Å². The maximum atomic E-state index is 9.57. The molecule has 0 heterocycles. The third-order valence-electron chi connectivity index (χ3n) is 2.50. The summed E-state index contributed by atoms with van der Waals surface area (Å²) in [6.45, 7) is 8.83. The van der Waals surface area contributed by atoms with E-state index >= 15 is 0 Å². The maximum absolute atomic E-state index is 9.57. The fourth-order valence-electron chi connectivity index (χ4n) is 1.37. The number of hydrogen-bond donors (Lipinski definition) is 1. The lowest BCUT2D eigenvalue weighted by Gasteiger charge is -2.24. The quantitative estimate of drug-likeness (QED) is 0.669. The van der Waals surface area contributed by atoms with Crippen molar-refractivity contribution < 1.29 is 5.11 Å². The van der Waals surface area contributed by atoms with Crippen LogP contribution in [0.4, 0.5) is 0 Å². The summed E-state index contributed by atoms with van der Waals surface area (Å²) in [5.41, 5.74) is 0. The van der Waals surface area contributed by atoms with E-state index in [9.17, 15) is 5.11 Å². The molecule has 1 N–H and O–H groups in total. The summed E-state index contributed by atoms with van der Waals surface area (Å²) >= 11 is 0. The standard InChI is InChI=1S/C12H24N2O/c1-4-12(15)10-14(8-5-7-13)9-6-11(2)3/h11-12,15H,4-6,8-10H2,1-3H3. The number of aliphatic hydroxyl groups excluding tert-OH is 1. The van der Waals surface area contributed by atoms with Crippen LogP contribution in [0.5, 0.6) is 0 Å². The second-order valence-corrected chi connectivity index (χ2v) is 4.45. The first kappa shape index (κ1) is 14.4. The Morgan fingerprint density at radius 3 is 2.47 bits per heavy atom. The van der Waals surface area contributed by atoms with Crippen LogP contribution in [0.2, 0.25) is 0 Å². The second kappa shape index (κ2) is 8.70. The van der Waals surface area contributed by atoms with Crippen molar-refractivity contribution in [3.63, 3.8) is 0 Å². The first-order chi connectivity index (χ1) is 7.10. The van der Waals surface area contributed by atoms with Crippen molar-refractivity contribution in [2.45, 2.75) is 46.1 Å². The lowest BCUT2D eigenvalue weighted by Crippen LogP contribution is -2.34. The van der Waals surface area contributed by atoms with Gasteiger partial charge in [0.15, 0.2) is 0 Å². The molecule has 0 spiro atoms. The van der Waals surface area contributed by atoms with E-state index in [4.69, 9.17) is 5.26 Å². The van der Waals surface area contributed by atoms with Crippen LogP contribution in [0.15, 0.2) is 0 Å². The Morgan fingerprint density at radius 1 is 1.33 bits per heavy atom. The SMILES string of the molecule is CCC(O)CN(CCC#N)CCC(C)C. The molecule has 3 nitrogen and oxygen atoms in total. The molecule has 0 saturated carbocycles. The van der Waals surface area contributed by atoms with Crippen LogP contribution < -0.4 is 0 Å². The van der Waals surface area contributed by atoms with Gasteiger partial charge in [0.1, 0.15) is 0 Å². The van der Waals surface area contributed by atoms with Gasteiger partial charge in [0, 0.05) is 19.5 Å². The predicted molar refractivity (Wildman–Crippen MR) is 62.4 cm³/mol. The Bertz CT molecular complexity index is 187. The van der Waals surface area contributed by atoms with Crippen LogP contribution in [-0.2, 0) is 0 Å². The highest BCUT2D eigenvalue weighted by molar-refractivity contribution is 4.74. The third-order valence-corrected chi connectivity index (χ3v) is 2.50. The largest absolute Gasteiger partial charge is 0.392 e. The zero-order valence-corrected chi connectivity index (χ0v) is 10.2. The monoisotopic (exact) mass is 212 g/mol. The zero-order chi connectivity index (χ0) is 11.7. The fourth-order valence-corrected chi connectivity index (χ4v) is 1.37. The molecule has 0 rings (SSSR count). The Kier molecular flexibility index (Phi) is 8.35. The third kappa shape index (κ3) is 8.41. The van der Waals surface area contributed by atoms with Gasteiger partial charge in [0.05, 0.1) is 12.2 Å². The van der Waals surface area contributed by atoms with E-state index in [0.717, 1.165) is 25.9 Å². The minimum Gasteiger partial charge on any atom is -0.392 e. The number of hydrogen-bond acceptors (Lipinski definition) is 3. The molecular formula is C12H24N2O. The first-order valence-corrected chi connectivity index (χ1v) is 5.87. The van der Waals surface area contributed by atoms with E-state index in [-0.39, 0.29) is 6.10 Å². The van der Waals surface area contributed by atoms with Gasteiger partial charge in [-0.2, -0.15) is 5.26 Å². The van der Waals surface area contributed by atoms with Crippen molar-refractivity contribution >= 4 is 0 Å². The van der Waals surface area contributed by atoms with E-state index in [1.807, 2.05) is 6.92 Å². The Hall–Kier alpha value is -0.590. The van der Waals surface area contributed by atoms with E-state index in [1.165, 1.54) is 0 Å². The Labute approximate surface area is 93.7 Å². The zero-order valence-electron chi connectivity index (χ0n) is 10.2. The van der Waals surface area contributed by atoms with Crippen LogP contribution in [0.3, 0.4) is 0 Å². The summed E-state index contributed by atoms with van der Waals surface area (Å²) < 4.78 is 0. The van der Waals surface area contributed by atoms with Gasteiger partial charge < -0.3 is 5.11 Å². The van der Waals surface area contributed by atoms with Crippen molar-refractivity contribution in [2.75, 3.05) is 19.6 Å². The molecule has 1 unspecified atom stereocenters. The Morgan fingerprint density at radius 2 is 2.00 bits per heavy atom. The summed E-state index contributed by atoms with van der Waals surface area (Å²) in [5.74, 6) is 0.674. The minimum atomic E-state index is -0.254. The molecule has 0 amide bonds. The second-order valence-electron chi connectivity index (χ2n) is 4.45. The van der Waals surface area contributed by atoms with Crippen LogP contribution >= 0.6 is 0 Å². The summed E-state index contributed by atoms with van der Waals surface area (Å²) in [6, 6.07) is 2.15. The van der Waals surface area contributed by atoms with Crippen LogP contribution in [-0.4, -0.2) is 35.7 Å². The van der Waals surface area contributed by atoms with Crippen molar-refractivity contribution in [3.05, 3.63) is 0 Å². The average molecular weight is 212 g/mol. The van der Waals surface area contributed by atoms with E-state index in [2.05, 4.69) is 24.8 Å². The molecule has 0 aliphatic heterocycles. The normalized spacial score (nSPS) is 13.1. The van der Waals surface area contributed by atoms with Gasteiger partial charge >= 0.3 is 0 Å². The lowest BCUT2D eigenvalue weighted by molar-refractivity contribution is 0.107. The van der Waals surface area contributed by atoms with Gasteiger partial charge in [-0.15, -0.1) is 0 Å². The molecule has 0 aliphatic carbocycles. The first-order valence-electron chi connectivity index (χ1n) is 5.87. The van der Waals surface area contributed by atoms with Crippen molar-refractivity contribution in [3.8, 4) is 6.07 Å². The summed E-state index contributed by atoms with van der Waals surface area (Å²) in [6.07, 6.45) is 2.21. The summed E-state index contributed by atoms with van der Waals surface area (Å²) in [7, 11) is 0. The highest BCUT2D eigenvalue weighted by Gasteiger charge is 2.10. The molecule has 0 aromatic carbocycles. The smallest absolute Gasteiger partial charge is 0.0664 e. The van der Waals surface area contributed by atoms with E-state index in [0.29, 0.717) is 18.9 Å². The van der Waals surface area contributed by atoms with Gasteiger partial charge in [-0.3, -0.25) is 4.90 Å². The Balaban J connectivity index is 3.89. The van der Waals surface area contributed by atoms with Crippen LogP contribution in [0, 0.1) is 17.2 Å².